The number of anilines is 1. The van der Waals surface area contributed by atoms with E-state index in [4.69, 9.17) is 0 Å². The number of nitrogens with zero attached hydrogens (tertiary/aromatic N) is 2. The molecule has 0 unspecified atom stereocenters. The Kier molecular flexibility index (Phi) is 3.98. The van der Waals surface area contributed by atoms with Gasteiger partial charge < -0.3 is 0 Å². The van der Waals surface area contributed by atoms with Gasteiger partial charge in [0.15, 0.2) is 5.13 Å². The maximum Gasteiger partial charge on any atom is 0.259 e. The summed E-state index contributed by atoms with van der Waals surface area (Å²) in [5.41, 5.74) is 2.12. The molecule has 0 bridgehead atoms. The van der Waals surface area contributed by atoms with Gasteiger partial charge in [-0.15, -0.1) is 11.3 Å². The molecule has 5 heteroatoms. The first-order valence-corrected chi connectivity index (χ1v) is 7.57. The highest BCUT2D eigenvalue weighted by Gasteiger charge is 2.17. The molecule has 3 rings (SSSR count). The topological polar surface area (TPSA) is 33.2 Å². The summed E-state index contributed by atoms with van der Waals surface area (Å²) in [6.45, 7) is 0. The summed E-state index contributed by atoms with van der Waals surface area (Å²) in [5.74, 6) is -0.711. The second-order valence-electron chi connectivity index (χ2n) is 4.76. The largest absolute Gasteiger partial charge is 0.287 e. The van der Waals surface area contributed by atoms with Crippen LogP contribution in [-0.4, -0.2) is 17.9 Å². The summed E-state index contributed by atoms with van der Waals surface area (Å²) in [7, 11) is 1.64. The van der Waals surface area contributed by atoms with Gasteiger partial charge in [0.05, 0.1) is 5.69 Å². The van der Waals surface area contributed by atoms with E-state index >= 15 is 0 Å². The molecule has 0 saturated carbocycles. The molecule has 0 spiro atoms. The third-order valence-electron chi connectivity index (χ3n) is 3.22. The molecule has 0 aliphatic carbocycles. The van der Waals surface area contributed by atoms with Gasteiger partial charge in [-0.3, -0.25) is 9.69 Å². The first kappa shape index (κ1) is 14.4. The Balaban J connectivity index is 1.85. The van der Waals surface area contributed by atoms with Crippen LogP contribution < -0.4 is 4.90 Å². The Morgan fingerprint density at radius 1 is 1.14 bits per heavy atom. The number of hydrogen-bond donors (Lipinski definition) is 0. The third-order valence-corrected chi connectivity index (χ3v) is 4.14. The predicted molar refractivity (Wildman–Crippen MR) is 86.7 cm³/mol. The van der Waals surface area contributed by atoms with Crippen molar-refractivity contribution in [1.82, 2.24) is 4.98 Å². The zero-order chi connectivity index (χ0) is 15.5. The van der Waals surface area contributed by atoms with E-state index in [1.807, 2.05) is 35.7 Å². The first-order chi connectivity index (χ1) is 10.6. The van der Waals surface area contributed by atoms with E-state index in [9.17, 15) is 9.18 Å². The summed E-state index contributed by atoms with van der Waals surface area (Å²) in [4.78, 5) is 18.3. The number of thiazole rings is 1. The molecule has 0 aliphatic heterocycles. The molecule has 0 atom stereocenters. The van der Waals surface area contributed by atoms with E-state index in [1.54, 1.807) is 13.1 Å². The third kappa shape index (κ3) is 2.89. The number of benzene rings is 2. The Morgan fingerprint density at radius 3 is 2.64 bits per heavy atom. The highest BCUT2D eigenvalue weighted by atomic mass is 32.1. The molecule has 1 amide bonds. The molecule has 0 N–H and O–H groups in total. The van der Waals surface area contributed by atoms with E-state index < -0.39 is 5.82 Å². The normalized spacial score (nSPS) is 10.5. The van der Waals surface area contributed by atoms with Crippen LogP contribution in [0.2, 0.25) is 0 Å². The second kappa shape index (κ2) is 6.07. The van der Waals surface area contributed by atoms with E-state index in [1.165, 1.54) is 34.4 Å². The van der Waals surface area contributed by atoms with Crippen LogP contribution in [0.3, 0.4) is 0 Å². The fourth-order valence-electron chi connectivity index (χ4n) is 2.06. The monoisotopic (exact) mass is 312 g/mol. The van der Waals surface area contributed by atoms with Gasteiger partial charge in [0, 0.05) is 23.6 Å². The minimum absolute atomic E-state index is 0.284. The first-order valence-electron chi connectivity index (χ1n) is 6.70. The van der Waals surface area contributed by atoms with Gasteiger partial charge in [0.1, 0.15) is 5.82 Å². The fraction of sp³-hybridized carbons (Fsp3) is 0.0588. The van der Waals surface area contributed by atoms with Gasteiger partial charge in [-0.2, -0.15) is 0 Å². The Bertz CT molecular complexity index is 801. The van der Waals surface area contributed by atoms with Crippen molar-refractivity contribution in [3.8, 4) is 11.3 Å². The highest BCUT2D eigenvalue weighted by Crippen LogP contribution is 2.27. The smallest absolute Gasteiger partial charge is 0.259 e. The van der Waals surface area contributed by atoms with Crippen LogP contribution in [0.1, 0.15) is 10.4 Å². The summed E-state index contributed by atoms with van der Waals surface area (Å²) in [6, 6.07) is 15.4. The fourth-order valence-corrected chi connectivity index (χ4v) is 2.86. The molecule has 0 saturated heterocycles. The molecule has 1 heterocycles. The van der Waals surface area contributed by atoms with Gasteiger partial charge in [0.2, 0.25) is 0 Å². The number of carbonyl (C=O) groups is 1. The van der Waals surface area contributed by atoms with Gasteiger partial charge in [-0.25, -0.2) is 9.37 Å². The summed E-state index contributed by atoms with van der Waals surface area (Å²) in [6.07, 6.45) is 0. The van der Waals surface area contributed by atoms with Gasteiger partial charge >= 0.3 is 0 Å². The predicted octanol–water partition coefficient (Wildman–Crippen LogP) is 4.23. The molecule has 110 valence electrons. The maximum atomic E-state index is 13.2. The number of rotatable bonds is 3. The van der Waals surface area contributed by atoms with Crippen molar-refractivity contribution >= 4 is 22.4 Å². The van der Waals surface area contributed by atoms with E-state index in [-0.39, 0.29) is 5.91 Å². The van der Waals surface area contributed by atoms with Gasteiger partial charge in [-0.1, -0.05) is 36.4 Å². The zero-order valence-corrected chi connectivity index (χ0v) is 12.7. The lowest BCUT2D eigenvalue weighted by Gasteiger charge is -2.13. The van der Waals surface area contributed by atoms with Crippen LogP contribution in [0.4, 0.5) is 9.52 Å². The lowest BCUT2D eigenvalue weighted by atomic mass is 10.2. The number of aromatic nitrogens is 1. The van der Waals surface area contributed by atoms with Crippen LogP contribution >= 0.6 is 11.3 Å². The van der Waals surface area contributed by atoms with Crippen LogP contribution in [0.5, 0.6) is 0 Å². The standard InChI is InChI=1S/C17H13FN2OS/c1-20(16(21)13-8-5-9-14(18)10-13)17-19-15(11-22-17)12-6-3-2-4-7-12/h2-11H,1H3. The molecule has 1 aromatic heterocycles. The van der Waals surface area contributed by atoms with E-state index in [0.29, 0.717) is 10.7 Å². The summed E-state index contributed by atoms with van der Waals surface area (Å²) < 4.78 is 13.2. The van der Waals surface area contributed by atoms with Crippen LogP contribution in [-0.2, 0) is 0 Å². The van der Waals surface area contributed by atoms with Crippen molar-refractivity contribution in [2.45, 2.75) is 0 Å². The molecule has 3 nitrogen and oxygen atoms in total. The lowest BCUT2D eigenvalue weighted by Crippen LogP contribution is -2.26. The van der Waals surface area contributed by atoms with Crippen molar-refractivity contribution in [1.29, 1.82) is 0 Å². The minimum Gasteiger partial charge on any atom is -0.287 e. The SMILES string of the molecule is CN(C(=O)c1cccc(F)c1)c1nc(-c2ccccc2)cs1. The highest BCUT2D eigenvalue weighted by molar-refractivity contribution is 7.14. The molecule has 3 aromatic rings. The van der Waals surface area contributed by atoms with Crippen molar-refractivity contribution in [3.63, 3.8) is 0 Å². The van der Waals surface area contributed by atoms with Gasteiger partial charge in [0.25, 0.3) is 5.91 Å². The summed E-state index contributed by atoms with van der Waals surface area (Å²) in [5, 5.41) is 2.48. The molecule has 2 aromatic carbocycles. The molecular formula is C17H13FN2OS. The van der Waals surface area contributed by atoms with Crippen molar-refractivity contribution in [2.24, 2.45) is 0 Å². The van der Waals surface area contributed by atoms with Crippen LogP contribution in [0, 0.1) is 5.82 Å². The quantitative estimate of drug-likeness (QED) is 0.725. The Hall–Kier alpha value is -2.53. The van der Waals surface area contributed by atoms with Crippen LogP contribution in [0.25, 0.3) is 11.3 Å². The van der Waals surface area contributed by atoms with Crippen molar-refractivity contribution < 1.29 is 9.18 Å². The minimum atomic E-state index is -0.427. The number of carbonyl (C=O) groups excluding carboxylic acids is 1. The van der Waals surface area contributed by atoms with E-state index in [2.05, 4.69) is 4.98 Å². The van der Waals surface area contributed by atoms with Crippen LogP contribution in [0.15, 0.2) is 60.0 Å². The Labute approximate surface area is 131 Å². The average Bonchev–Trinajstić information content (AvgIpc) is 3.04. The number of amides is 1. The molecule has 0 fully saturated rings. The summed E-state index contributed by atoms with van der Waals surface area (Å²) >= 11 is 1.38. The lowest BCUT2D eigenvalue weighted by molar-refractivity contribution is 0.0992. The molecule has 22 heavy (non-hydrogen) atoms. The average molecular weight is 312 g/mol. The van der Waals surface area contributed by atoms with E-state index in [0.717, 1.165) is 11.3 Å². The van der Waals surface area contributed by atoms with Gasteiger partial charge in [-0.05, 0) is 18.2 Å². The van der Waals surface area contributed by atoms with Crippen molar-refractivity contribution in [2.75, 3.05) is 11.9 Å². The molecular weight excluding hydrogens is 299 g/mol. The maximum absolute atomic E-state index is 13.2. The number of halogens is 1. The second-order valence-corrected chi connectivity index (χ2v) is 5.59. The molecule has 0 aliphatic rings. The molecule has 0 radical (unpaired) electrons. The number of hydrogen-bond acceptors (Lipinski definition) is 3. The Morgan fingerprint density at radius 2 is 1.91 bits per heavy atom. The van der Waals surface area contributed by atoms with Crippen molar-refractivity contribution in [3.05, 3.63) is 71.4 Å². The zero-order valence-electron chi connectivity index (χ0n) is 11.9.